The Kier molecular flexibility index (Phi) is 6.15. The number of aromatic nitrogens is 1. The number of nitrogens with zero attached hydrogens (tertiary/aromatic N) is 1. The maximum Gasteiger partial charge on any atom is 0.279 e. The van der Waals surface area contributed by atoms with Crippen LogP contribution in [0.5, 0.6) is 16.7 Å². The van der Waals surface area contributed by atoms with E-state index in [-0.39, 0.29) is 18.6 Å². The molecular formula is C29H28N2O3S. The second-order valence-electron chi connectivity index (χ2n) is 9.23. The molecule has 3 aromatic carbocycles. The van der Waals surface area contributed by atoms with Gasteiger partial charge >= 0.3 is 0 Å². The minimum absolute atomic E-state index is 0.201. The molecule has 2 N–H and O–H groups in total. The summed E-state index contributed by atoms with van der Waals surface area (Å²) in [5.41, 5.74) is 4.74. The first-order chi connectivity index (χ1) is 17.3. The van der Waals surface area contributed by atoms with Crippen molar-refractivity contribution in [3.63, 3.8) is 0 Å². The lowest BCUT2D eigenvalue weighted by Gasteiger charge is -2.41. The molecule has 1 aromatic heterocycles. The zero-order valence-corrected chi connectivity index (χ0v) is 20.2. The van der Waals surface area contributed by atoms with E-state index in [1.165, 1.54) is 11.1 Å². The molecule has 1 saturated carbocycles. The van der Waals surface area contributed by atoms with Crippen LogP contribution in [0.1, 0.15) is 24.8 Å². The number of anilines is 1. The number of hydrogen-bond acceptors (Lipinski definition) is 6. The van der Waals surface area contributed by atoms with Gasteiger partial charge in [0.2, 0.25) is 0 Å². The van der Waals surface area contributed by atoms with Gasteiger partial charge in [-0.15, -0.1) is 0 Å². The first kappa shape index (κ1) is 22.1. The number of thiazole rings is 1. The molecule has 5 nitrogen and oxygen atoms in total. The second-order valence-corrected chi connectivity index (χ2v) is 10.2. The van der Waals surface area contributed by atoms with Crippen molar-refractivity contribution in [2.75, 3.05) is 18.5 Å². The fraction of sp³-hybridized carbons (Fsp3) is 0.276. The van der Waals surface area contributed by atoms with Gasteiger partial charge in [0.1, 0.15) is 11.5 Å². The Hall–Kier alpha value is -3.35. The van der Waals surface area contributed by atoms with Crippen LogP contribution in [0.25, 0.3) is 16.3 Å². The summed E-state index contributed by atoms with van der Waals surface area (Å²) in [6.07, 6.45) is 5.39. The molecule has 2 aliphatic rings. The van der Waals surface area contributed by atoms with Crippen molar-refractivity contribution in [2.24, 2.45) is 11.8 Å². The van der Waals surface area contributed by atoms with Crippen LogP contribution in [0.3, 0.4) is 0 Å². The lowest BCUT2D eigenvalue weighted by Crippen LogP contribution is -2.41. The third kappa shape index (κ3) is 4.64. The first-order valence-corrected chi connectivity index (χ1v) is 13.0. The Bertz CT molecular complexity index is 1310. The third-order valence-electron chi connectivity index (χ3n) is 7.05. The maximum absolute atomic E-state index is 9.94. The number of rotatable bonds is 7. The highest BCUT2D eigenvalue weighted by molar-refractivity contribution is 7.20. The molecular weight excluding hydrogens is 456 g/mol. The number of benzene rings is 3. The van der Waals surface area contributed by atoms with Crippen LogP contribution in [-0.2, 0) is 0 Å². The first-order valence-electron chi connectivity index (χ1n) is 12.2. The Labute approximate surface area is 209 Å². The summed E-state index contributed by atoms with van der Waals surface area (Å²) in [4.78, 5) is 4.53. The van der Waals surface area contributed by atoms with E-state index in [1.54, 1.807) is 11.3 Å². The largest absolute Gasteiger partial charge is 0.494 e. The van der Waals surface area contributed by atoms with Crippen molar-refractivity contribution >= 4 is 33.3 Å². The van der Waals surface area contributed by atoms with E-state index in [0.717, 1.165) is 46.7 Å². The van der Waals surface area contributed by atoms with Gasteiger partial charge < -0.3 is 19.9 Å². The summed E-state index contributed by atoms with van der Waals surface area (Å²) in [5, 5.41) is 14.3. The molecule has 1 aliphatic heterocycles. The molecule has 35 heavy (non-hydrogen) atoms. The van der Waals surface area contributed by atoms with Crippen molar-refractivity contribution in [1.82, 2.24) is 4.98 Å². The van der Waals surface area contributed by atoms with Crippen LogP contribution < -0.4 is 14.8 Å². The molecule has 0 radical (unpaired) electrons. The summed E-state index contributed by atoms with van der Waals surface area (Å²) in [5.74, 6) is 2.29. The average molecular weight is 485 g/mol. The summed E-state index contributed by atoms with van der Waals surface area (Å²) < 4.78 is 13.2. The molecule has 2 heterocycles. The quantitative estimate of drug-likeness (QED) is 0.304. The Morgan fingerprint density at radius 1 is 0.943 bits per heavy atom. The Morgan fingerprint density at radius 3 is 2.60 bits per heavy atom. The predicted octanol–water partition coefficient (Wildman–Crippen LogP) is 6.75. The van der Waals surface area contributed by atoms with Crippen molar-refractivity contribution in [3.8, 4) is 16.7 Å². The normalized spacial score (nSPS) is 20.9. The standard InChI is InChI=1S/C29H28N2O3S/c32-18-21-10-9-19(24-17-20-5-1-2-6-25(20)30-28(21)24)15-16-33-22-11-13-23(14-12-22)34-29-31-26-7-3-4-8-27(26)35-29/h1-8,11-14,17,19,21,28,30,32H,9-10,15-16,18H2. The van der Waals surface area contributed by atoms with Gasteiger partial charge in [0.25, 0.3) is 5.19 Å². The number of nitrogens with one attached hydrogen (secondary N) is 1. The number of para-hydroxylation sites is 2. The summed E-state index contributed by atoms with van der Waals surface area (Å²) >= 11 is 1.54. The molecule has 0 amide bonds. The van der Waals surface area contributed by atoms with E-state index < -0.39 is 0 Å². The smallest absolute Gasteiger partial charge is 0.279 e. The molecule has 4 aromatic rings. The summed E-state index contributed by atoms with van der Waals surface area (Å²) in [6.45, 7) is 0.865. The molecule has 0 bridgehead atoms. The van der Waals surface area contributed by atoms with Crippen LogP contribution in [0, 0.1) is 11.8 Å². The number of hydrogen-bond donors (Lipinski definition) is 2. The molecule has 1 fully saturated rings. The monoisotopic (exact) mass is 484 g/mol. The van der Waals surface area contributed by atoms with Crippen molar-refractivity contribution in [2.45, 2.75) is 25.3 Å². The van der Waals surface area contributed by atoms with Gasteiger partial charge in [0.05, 0.1) is 22.9 Å². The second kappa shape index (κ2) is 9.72. The fourth-order valence-corrected chi connectivity index (χ4v) is 6.05. The Morgan fingerprint density at radius 2 is 1.74 bits per heavy atom. The number of fused-ring (bicyclic) bond motifs is 3. The van der Waals surface area contributed by atoms with E-state index in [9.17, 15) is 5.11 Å². The molecule has 0 spiro atoms. The zero-order valence-electron chi connectivity index (χ0n) is 19.4. The zero-order chi connectivity index (χ0) is 23.6. The van der Waals surface area contributed by atoms with Crippen LogP contribution in [0.4, 0.5) is 5.69 Å². The topological polar surface area (TPSA) is 63.6 Å². The molecule has 6 heteroatoms. The highest BCUT2D eigenvalue weighted by Gasteiger charge is 2.36. The number of aliphatic hydroxyl groups is 1. The van der Waals surface area contributed by atoms with Crippen molar-refractivity contribution in [3.05, 3.63) is 83.9 Å². The minimum Gasteiger partial charge on any atom is -0.494 e. The predicted molar refractivity (Wildman–Crippen MR) is 141 cm³/mol. The maximum atomic E-state index is 9.94. The van der Waals surface area contributed by atoms with Crippen LogP contribution >= 0.6 is 11.3 Å². The molecule has 6 rings (SSSR count). The average Bonchev–Trinajstić information content (AvgIpc) is 3.31. The highest BCUT2D eigenvalue weighted by atomic mass is 32.1. The fourth-order valence-electron chi connectivity index (χ4n) is 5.21. The van der Waals surface area contributed by atoms with Gasteiger partial charge in [-0.05, 0) is 78.8 Å². The van der Waals surface area contributed by atoms with Crippen LogP contribution in [0.2, 0.25) is 0 Å². The van der Waals surface area contributed by atoms with Crippen molar-refractivity contribution < 1.29 is 14.6 Å². The van der Waals surface area contributed by atoms with E-state index >= 15 is 0 Å². The van der Waals surface area contributed by atoms with Crippen molar-refractivity contribution in [1.29, 1.82) is 0 Å². The molecule has 1 aliphatic carbocycles. The van der Waals surface area contributed by atoms with E-state index in [4.69, 9.17) is 9.47 Å². The van der Waals surface area contributed by atoms with E-state index in [0.29, 0.717) is 17.7 Å². The Balaban J connectivity index is 1.08. The molecule has 178 valence electrons. The number of aliphatic hydroxyl groups excluding tert-OH is 1. The van der Waals surface area contributed by atoms with E-state index in [1.807, 2.05) is 48.5 Å². The third-order valence-corrected chi connectivity index (χ3v) is 7.97. The van der Waals surface area contributed by atoms with Gasteiger partial charge in [0.15, 0.2) is 0 Å². The SMILES string of the molecule is OCC1CCC(CCOc2ccc(Oc3nc4ccccc4s3)cc2)C2=Cc3ccccc3NC21. The van der Waals surface area contributed by atoms with E-state index in [2.05, 4.69) is 40.6 Å². The summed E-state index contributed by atoms with van der Waals surface area (Å²) in [6, 6.07) is 24.4. The van der Waals surface area contributed by atoms with Gasteiger partial charge in [-0.2, -0.15) is 0 Å². The van der Waals surface area contributed by atoms with Gasteiger partial charge in [0, 0.05) is 18.2 Å². The molecule has 3 unspecified atom stereocenters. The lowest BCUT2D eigenvalue weighted by molar-refractivity contribution is 0.175. The molecule has 0 saturated heterocycles. The molecule has 3 atom stereocenters. The van der Waals surface area contributed by atoms with Gasteiger partial charge in [-0.1, -0.05) is 47.7 Å². The number of ether oxygens (including phenoxy) is 2. The summed E-state index contributed by atoms with van der Waals surface area (Å²) in [7, 11) is 0. The van der Waals surface area contributed by atoms with Crippen LogP contribution in [0.15, 0.2) is 78.4 Å². The van der Waals surface area contributed by atoms with Crippen LogP contribution in [-0.4, -0.2) is 29.3 Å². The minimum atomic E-state index is 0.201. The highest BCUT2D eigenvalue weighted by Crippen LogP contribution is 2.42. The lowest BCUT2D eigenvalue weighted by atomic mass is 9.71. The van der Waals surface area contributed by atoms with Gasteiger partial charge in [-0.25, -0.2) is 4.98 Å². The van der Waals surface area contributed by atoms with Gasteiger partial charge in [-0.3, -0.25) is 0 Å².